The molecule has 0 aliphatic rings. The van der Waals surface area contributed by atoms with Crippen molar-refractivity contribution in [2.45, 2.75) is 6.61 Å². The third-order valence-corrected chi connectivity index (χ3v) is 2.72. The molecule has 21 heavy (non-hydrogen) atoms. The van der Waals surface area contributed by atoms with Crippen LogP contribution < -0.4 is 4.74 Å². The number of nitro groups is 1. The van der Waals surface area contributed by atoms with E-state index in [4.69, 9.17) is 9.84 Å². The van der Waals surface area contributed by atoms with Crippen LogP contribution >= 0.6 is 0 Å². The Bertz CT molecular complexity index is 684. The number of benzene rings is 2. The molecule has 0 radical (unpaired) electrons. The van der Waals surface area contributed by atoms with Gasteiger partial charge in [0.2, 0.25) is 0 Å². The van der Waals surface area contributed by atoms with E-state index in [2.05, 4.69) is 0 Å². The Labute approximate surface area is 118 Å². The van der Waals surface area contributed by atoms with Crippen molar-refractivity contribution < 1.29 is 24.0 Å². The molecule has 0 heterocycles. The fourth-order valence-electron chi connectivity index (χ4n) is 1.63. The monoisotopic (exact) mass is 291 g/mol. The fourth-order valence-corrected chi connectivity index (χ4v) is 1.63. The second kappa shape index (κ2) is 6.00. The summed E-state index contributed by atoms with van der Waals surface area (Å²) in [6.45, 7) is 0.0152. The molecule has 108 valence electrons. The third kappa shape index (κ3) is 3.53. The summed E-state index contributed by atoms with van der Waals surface area (Å²) >= 11 is 0. The van der Waals surface area contributed by atoms with Crippen molar-refractivity contribution in [1.82, 2.24) is 0 Å². The van der Waals surface area contributed by atoms with E-state index >= 15 is 0 Å². The van der Waals surface area contributed by atoms with Crippen LogP contribution in [0.15, 0.2) is 42.5 Å². The predicted molar refractivity (Wildman–Crippen MR) is 70.8 cm³/mol. The molecular formula is C14H10FNO5. The number of aromatic carboxylic acids is 1. The van der Waals surface area contributed by atoms with E-state index in [1.54, 1.807) is 0 Å². The Hall–Kier alpha value is -2.96. The van der Waals surface area contributed by atoms with Gasteiger partial charge in [0.15, 0.2) is 11.6 Å². The van der Waals surface area contributed by atoms with E-state index in [-0.39, 0.29) is 23.6 Å². The van der Waals surface area contributed by atoms with Gasteiger partial charge in [0, 0.05) is 12.1 Å². The molecule has 0 fully saturated rings. The number of carboxylic acids is 1. The van der Waals surface area contributed by atoms with Crippen LogP contribution in [0.25, 0.3) is 0 Å². The molecule has 0 spiro atoms. The molecule has 7 heteroatoms. The van der Waals surface area contributed by atoms with Gasteiger partial charge in [-0.1, -0.05) is 0 Å². The highest BCUT2D eigenvalue weighted by Gasteiger charge is 2.10. The van der Waals surface area contributed by atoms with Crippen molar-refractivity contribution in [1.29, 1.82) is 0 Å². The zero-order valence-corrected chi connectivity index (χ0v) is 10.7. The maximum atomic E-state index is 13.6. The Morgan fingerprint density at radius 3 is 2.43 bits per heavy atom. The Kier molecular flexibility index (Phi) is 4.13. The molecule has 0 amide bonds. The summed E-state index contributed by atoms with van der Waals surface area (Å²) in [6.07, 6.45) is 0. The van der Waals surface area contributed by atoms with Gasteiger partial charge in [0.25, 0.3) is 5.69 Å². The number of carboxylic acid groups (broad SMARTS) is 1. The predicted octanol–water partition coefficient (Wildman–Crippen LogP) is 3.01. The molecule has 0 bridgehead atoms. The summed E-state index contributed by atoms with van der Waals surface area (Å²) in [5, 5.41) is 19.2. The maximum absolute atomic E-state index is 13.6. The van der Waals surface area contributed by atoms with Gasteiger partial charge in [-0.05, 0) is 35.9 Å². The lowest BCUT2D eigenvalue weighted by atomic mass is 10.2. The number of non-ortho nitro benzene ring substituents is 1. The second-order valence-electron chi connectivity index (χ2n) is 4.16. The lowest BCUT2D eigenvalue weighted by Gasteiger charge is -2.07. The number of ether oxygens (including phenoxy) is 1. The highest BCUT2D eigenvalue weighted by molar-refractivity contribution is 5.87. The van der Waals surface area contributed by atoms with Gasteiger partial charge in [0.05, 0.1) is 10.5 Å². The van der Waals surface area contributed by atoms with Crippen LogP contribution in [-0.2, 0) is 6.61 Å². The SMILES string of the molecule is O=C(O)c1ccc(OCc2ccc([N+](=O)[O-])cc2)c(F)c1. The average molecular weight is 291 g/mol. The van der Waals surface area contributed by atoms with Gasteiger partial charge in [0.1, 0.15) is 6.61 Å². The van der Waals surface area contributed by atoms with E-state index in [0.29, 0.717) is 5.56 Å². The van der Waals surface area contributed by atoms with Gasteiger partial charge in [-0.15, -0.1) is 0 Å². The van der Waals surface area contributed by atoms with Crippen molar-refractivity contribution in [2.75, 3.05) is 0 Å². The first-order valence-electron chi connectivity index (χ1n) is 5.86. The Balaban J connectivity index is 2.06. The molecule has 2 rings (SSSR count). The van der Waals surface area contributed by atoms with Crippen molar-refractivity contribution in [2.24, 2.45) is 0 Å². The van der Waals surface area contributed by atoms with Crippen LogP contribution in [0.3, 0.4) is 0 Å². The molecule has 0 aromatic heterocycles. The zero-order chi connectivity index (χ0) is 15.4. The molecule has 0 saturated carbocycles. The van der Waals surface area contributed by atoms with Crippen LogP contribution in [0, 0.1) is 15.9 Å². The minimum atomic E-state index is -1.23. The van der Waals surface area contributed by atoms with Crippen LogP contribution in [0.5, 0.6) is 5.75 Å². The molecule has 6 nitrogen and oxygen atoms in total. The third-order valence-electron chi connectivity index (χ3n) is 2.72. The Morgan fingerprint density at radius 2 is 1.90 bits per heavy atom. The smallest absolute Gasteiger partial charge is 0.335 e. The van der Waals surface area contributed by atoms with Gasteiger partial charge in [-0.25, -0.2) is 9.18 Å². The number of halogens is 1. The molecule has 0 aliphatic carbocycles. The maximum Gasteiger partial charge on any atom is 0.335 e. The molecule has 0 aliphatic heterocycles. The zero-order valence-electron chi connectivity index (χ0n) is 10.7. The number of nitro benzene ring substituents is 1. The molecule has 0 unspecified atom stereocenters. The first kappa shape index (κ1) is 14.4. The van der Waals surface area contributed by atoms with Crippen molar-refractivity contribution >= 4 is 11.7 Å². The highest BCUT2D eigenvalue weighted by atomic mass is 19.1. The summed E-state index contributed by atoms with van der Waals surface area (Å²) in [7, 11) is 0. The quantitative estimate of drug-likeness (QED) is 0.675. The number of hydrogen-bond donors (Lipinski definition) is 1. The highest BCUT2D eigenvalue weighted by Crippen LogP contribution is 2.20. The van der Waals surface area contributed by atoms with Crippen molar-refractivity contribution in [3.05, 3.63) is 69.5 Å². The number of carbonyl (C=O) groups is 1. The van der Waals surface area contributed by atoms with Gasteiger partial charge >= 0.3 is 5.97 Å². The van der Waals surface area contributed by atoms with Gasteiger partial charge in [-0.2, -0.15) is 0 Å². The topological polar surface area (TPSA) is 89.7 Å². The van der Waals surface area contributed by atoms with E-state index in [1.165, 1.54) is 36.4 Å². The number of rotatable bonds is 5. The molecule has 1 N–H and O–H groups in total. The summed E-state index contributed by atoms with van der Waals surface area (Å²) in [4.78, 5) is 20.6. The normalized spacial score (nSPS) is 10.1. The summed E-state index contributed by atoms with van der Waals surface area (Å²) < 4.78 is 18.8. The molecule has 2 aromatic carbocycles. The standard InChI is InChI=1S/C14H10FNO5/c15-12-7-10(14(17)18)3-6-13(12)21-8-9-1-4-11(5-2-9)16(19)20/h1-7H,8H2,(H,17,18). The fraction of sp³-hybridized carbons (Fsp3) is 0.0714. The van der Waals surface area contributed by atoms with E-state index in [9.17, 15) is 19.3 Å². The molecule has 0 atom stereocenters. The molecule has 2 aromatic rings. The minimum Gasteiger partial charge on any atom is -0.486 e. The number of nitrogens with zero attached hydrogens (tertiary/aromatic N) is 1. The average Bonchev–Trinajstić information content (AvgIpc) is 2.46. The minimum absolute atomic E-state index is 0.0152. The summed E-state index contributed by atoms with van der Waals surface area (Å²) in [5.41, 5.74) is 0.410. The molecular weight excluding hydrogens is 281 g/mol. The van der Waals surface area contributed by atoms with Crippen molar-refractivity contribution in [3.63, 3.8) is 0 Å². The first-order valence-corrected chi connectivity index (χ1v) is 5.86. The lowest BCUT2D eigenvalue weighted by molar-refractivity contribution is -0.384. The second-order valence-corrected chi connectivity index (χ2v) is 4.16. The van der Waals surface area contributed by atoms with E-state index < -0.39 is 16.7 Å². The van der Waals surface area contributed by atoms with Crippen LogP contribution in [0.1, 0.15) is 15.9 Å². The summed E-state index contributed by atoms with van der Waals surface area (Å²) in [5.74, 6) is -2.09. The summed E-state index contributed by atoms with van der Waals surface area (Å²) in [6, 6.07) is 8.97. The Morgan fingerprint density at radius 1 is 1.24 bits per heavy atom. The van der Waals surface area contributed by atoms with Crippen molar-refractivity contribution in [3.8, 4) is 5.75 Å². The van der Waals surface area contributed by atoms with Gasteiger partial charge in [-0.3, -0.25) is 10.1 Å². The van der Waals surface area contributed by atoms with Gasteiger partial charge < -0.3 is 9.84 Å². The van der Waals surface area contributed by atoms with E-state index in [1.807, 2.05) is 0 Å². The molecule has 0 saturated heterocycles. The van der Waals surface area contributed by atoms with Crippen LogP contribution in [0.4, 0.5) is 10.1 Å². The largest absolute Gasteiger partial charge is 0.486 e. The lowest BCUT2D eigenvalue weighted by Crippen LogP contribution is -2.01. The van der Waals surface area contributed by atoms with Crippen LogP contribution in [-0.4, -0.2) is 16.0 Å². The van der Waals surface area contributed by atoms with E-state index in [0.717, 1.165) is 6.07 Å². The first-order chi connectivity index (χ1) is 9.97. The van der Waals surface area contributed by atoms with Crippen LogP contribution in [0.2, 0.25) is 0 Å². The number of hydrogen-bond acceptors (Lipinski definition) is 4.